The second-order valence-corrected chi connectivity index (χ2v) is 4.55. The monoisotopic (exact) mass is 285 g/mol. The maximum atomic E-state index is 5.94. The summed E-state index contributed by atoms with van der Waals surface area (Å²) in [4.78, 5) is 0. The van der Waals surface area contributed by atoms with Crippen LogP contribution in [-0.4, -0.2) is 14.8 Å². The van der Waals surface area contributed by atoms with Gasteiger partial charge >= 0.3 is 0 Å². The molecule has 1 aromatic heterocycles. The fourth-order valence-electron chi connectivity index (χ4n) is 1.57. The second kappa shape index (κ2) is 5.46. The Balaban J connectivity index is 2.13. The summed E-state index contributed by atoms with van der Waals surface area (Å²) in [5.74, 6) is 0.836. The maximum Gasteiger partial charge on any atom is 0.152 e. The number of aromatic nitrogens is 3. The molecule has 0 saturated heterocycles. The average Bonchev–Trinajstić information content (AvgIpc) is 2.79. The molecule has 0 amide bonds. The van der Waals surface area contributed by atoms with Crippen molar-refractivity contribution < 1.29 is 0 Å². The molecule has 7 heteroatoms. The van der Waals surface area contributed by atoms with Crippen LogP contribution in [0.25, 0.3) is 0 Å². The van der Waals surface area contributed by atoms with Gasteiger partial charge in [0, 0.05) is 6.54 Å². The maximum absolute atomic E-state index is 5.94. The van der Waals surface area contributed by atoms with Crippen molar-refractivity contribution in [2.45, 2.75) is 20.0 Å². The number of nitrogens with one attached hydrogen (secondary N) is 1. The van der Waals surface area contributed by atoms with Gasteiger partial charge in [0.2, 0.25) is 0 Å². The number of nitrogens with two attached hydrogens (primary N) is 1. The first kappa shape index (κ1) is 13.0. The minimum atomic E-state index is 0.441. The molecule has 0 spiro atoms. The van der Waals surface area contributed by atoms with Crippen LogP contribution in [0.5, 0.6) is 0 Å². The van der Waals surface area contributed by atoms with Crippen LogP contribution < -0.4 is 11.1 Å². The number of hydrogen-bond donors (Lipinski definition) is 2. The minimum Gasteiger partial charge on any atom is -0.397 e. The third kappa shape index (κ3) is 2.68. The minimum absolute atomic E-state index is 0.441. The molecule has 0 unspecified atom stereocenters. The summed E-state index contributed by atoms with van der Waals surface area (Å²) < 4.78 is 1.95. The lowest BCUT2D eigenvalue weighted by molar-refractivity contribution is 0.708. The molecular weight excluding hydrogens is 273 g/mol. The van der Waals surface area contributed by atoms with E-state index in [1.54, 1.807) is 18.5 Å². The molecule has 0 aliphatic carbocycles. The Kier molecular flexibility index (Phi) is 3.93. The molecule has 1 heterocycles. The SMILES string of the molecule is CCn1cnnc1CNc1cc(Cl)c(Cl)cc1N. The van der Waals surface area contributed by atoms with E-state index in [0.29, 0.717) is 22.3 Å². The number of nitrogens with zero attached hydrogens (tertiary/aromatic N) is 3. The number of rotatable bonds is 4. The summed E-state index contributed by atoms with van der Waals surface area (Å²) in [5, 5.41) is 11.9. The number of aryl methyl sites for hydroxylation is 1. The third-order valence-electron chi connectivity index (χ3n) is 2.57. The molecule has 18 heavy (non-hydrogen) atoms. The highest BCUT2D eigenvalue weighted by atomic mass is 35.5. The van der Waals surface area contributed by atoms with Crippen LogP contribution in [0.2, 0.25) is 10.0 Å². The van der Waals surface area contributed by atoms with Crippen molar-refractivity contribution in [3.05, 3.63) is 34.3 Å². The zero-order valence-corrected chi connectivity index (χ0v) is 11.3. The molecule has 0 saturated carbocycles. The zero-order valence-electron chi connectivity index (χ0n) is 9.82. The summed E-state index contributed by atoms with van der Waals surface area (Å²) in [5.41, 5.74) is 7.13. The van der Waals surface area contributed by atoms with Gasteiger partial charge in [0.25, 0.3) is 0 Å². The Morgan fingerprint density at radius 3 is 2.78 bits per heavy atom. The van der Waals surface area contributed by atoms with E-state index in [1.165, 1.54) is 0 Å². The normalized spacial score (nSPS) is 10.6. The number of anilines is 2. The van der Waals surface area contributed by atoms with E-state index in [4.69, 9.17) is 28.9 Å². The summed E-state index contributed by atoms with van der Waals surface area (Å²) in [6.45, 7) is 3.37. The standard InChI is InChI=1S/C11H13Cl2N5/c1-2-18-6-16-17-11(18)5-15-10-4-8(13)7(12)3-9(10)14/h3-4,6,15H,2,5,14H2,1H3. The van der Waals surface area contributed by atoms with E-state index in [0.717, 1.165) is 18.1 Å². The predicted molar refractivity (Wildman–Crippen MR) is 73.9 cm³/mol. The van der Waals surface area contributed by atoms with Crippen molar-refractivity contribution in [1.82, 2.24) is 14.8 Å². The molecule has 0 atom stereocenters. The number of halogens is 2. The molecule has 96 valence electrons. The summed E-state index contributed by atoms with van der Waals surface area (Å²) in [6, 6.07) is 3.32. The third-order valence-corrected chi connectivity index (χ3v) is 3.29. The van der Waals surface area contributed by atoms with Crippen molar-refractivity contribution in [3.63, 3.8) is 0 Å². The quantitative estimate of drug-likeness (QED) is 0.848. The first-order valence-electron chi connectivity index (χ1n) is 5.47. The molecular formula is C11H13Cl2N5. The predicted octanol–water partition coefficient (Wildman–Crippen LogP) is 2.80. The Morgan fingerprint density at radius 2 is 2.06 bits per heavy atom. The fourth-order valence-corrected chi connectivity index (χ4v) is 1.91. The van der Waals surface area contributed by atoms with E-state index >= 15 is 0 Å². The lowest BCUT2D eigenvalue weighted by atomic mass is 10.2. The molecule has 3 N–H and O–H groups in total. The Bertz CT molecular complexity index is 552. The van der Waals surface area contributed by atoms with Gasteiger partial charge in [-0.05, 0) is 19.1 Å². The van der Waals surface area contributed by atoms with E-state index in [1.807, 2.05) is 11.5 Å². The lowest BCUT2D eigenvalue weighted by Gasteiger charge is -2.10. The lowest BCUT2D eigenvalue weighted by Crippen LogP contribution is -2.08. The fraction of sp³-hybridized carbons (Fsp3) is 0.273. The van der Waals surface area contributed by atoms with Crippen molar-refractivity contribution in [3.8, 4) is 0 Å². The van der Waals surface area contributed by atoms with Gasteiger partial charge in [0.1, 0.15) is 6.33 Å². The van der Waals surface area contributed by atoms with E-state index in [-0.39, 0.29) is 0 Å². The van der Waals surface area contributed by atoms with E-state index < -0.39 is 0 Å². The van der Waals surface area contributed by atoms with Gasteiger partial charge in [-0.3, -0.25) is 0 Å². The zero-order chi connectivity index (χ0) is 13.1. The van der Waals surface area contributed by atoms with Crippen molar-refractivity contribution in [2.75, 3.05) is 11.1 Å². The highest BCUT2D eigenvalue weighted by Gasteiger charge is 2.07. The molecule has 5 nitrogen and oxygen atoms in total. The highest BCUT2D eigenvalue weighted by Crippen LogP contribution is 2.30. The van der Waals surface area contributed by atoms with Crippen LogP contribution in [0.1, 0.15) is 12.7 Å². The number of benzene rings is 1. The molecule has 0 radical (unpaired) electrons. The summed E-state index contributed by atoms with van der Waals surface area (Å²) in [6.07, 6.45) is 1.69. The van der Waals surface area contributed by atoms with Crippen molar-refractivity contribution >= 4 is 34.6 Å². The Morgan fingerprint density at radius 1 is 1.33 bits per heavy atom. The van der Waals surface area contributed by atoms with Gasteiger partial charge in [-0.2, -0.15) is 0 Å². The van der Waals surface area contributed by atoms with Gasteiger partial charge in [-0.15, -0.1) is 10.2 Å². The second-order valence-electron chi connectivity index (χ2n) is 3.74. The van der Waals surface area contributed by atoms with Crippen LogP contribution >= 0.6 is 23.2 Å². The summed E-state index contributed by atoms with van der Waals surface area (Å²) in [7, 11) is 0. The Labute approximate surface area is 115 Å². The first-order chi connectivity index (χ1) is 8.61. The number of hydrogen-bond acceptors (Lipinski definition) is 4. The summed E-state index contributed by atoms with van der Waals surface area (Å²) >= 11 is 11.8. The molecule has 0 aliphatic rings. The highest BCUT2D eigenvalue weighted by molar-refractivity contribution is 6.42. The molecule has 0 bridgehead atoms. The van der Waals surface area contributed by atoms with Gasteiger partial charge in [0.15, 0.2) is 5.82 Å². The van der Waals surface area contributed by atoms with Crippen LogP contribution in [0.3, 0.4) is 0 Å². The van der Waals surface area contributed by atoms with Crippen molar-refractivity contribution in [2.24, 2.45) is 0 Å². The van der Waals surface area contributed by atoms with Gasteiger partial charge < -0.3 is 15.6 Å². The Hall–Kier alpha value is -1.46. The van der Waals surface area contributed by atoms with Crippen molar-refractivity contribution in [1.29, 1.82) is 0 Å². The van der Waals surface area contributed by atoms with Crippen LogP contribution in [0.15, 0.2) is 18.5 Å². The van der Waals surface area contributed by atoms with Gasteiger partial charge in [-0.1, -0.05) is 23.2 Å². The van der Waals surface area contributed by atoms with Crippen LogP contribution in [-0.2, 0) is 13.1 Å². The molecule has 2 aromatic rings. The first-order valence-corrected chi connectivity index (χ1v) is 6.22. The number of nitrogen functional groups attached to an aromatic ring is 1. The van der Waals surface area contributed by atoms with Crippen LogP contribution in [0.4, 0.5) is 11.4 Å². The molecule has 0 fully saturated rings. The molecule has 1 aromatic carbocycles. The van der Waals surface area contributed by atoms with Gasteiger partial charge in [-0.25, -0.2) is 0 Å². The topological polar surface area (TPSA) is 68.8 Å². The van der Waals surface area contributed by atoms with E-state index in [9.17, 15) is 0 Å². The average molecular weight is 286 g/mol. The largest absolute Gasteiger partial charge is 0.397 e. The van der Waals surface area contributed by atoms with Crippen LogP contribution in [0, 0.1) is 0 Å². The van der Waals surface area contributed by atoms with Gasteiger partial charge in [0.05, 0.1) is 28.0 Å². The smallest absolute Gasteiger partial charge is 0.152 e. The molecule has 0 aliphatic heterocycles. The molecule has 2 rings (SSSR count). The van der Waals surface area contributed by atoms with E-state index in [2.05, 4.69) is 15.5 Å².